The van der Waals surface area contributed by atoms with E-state index in [9.17, 15) is 0 Å². The maximum Gasteiger partial charge on any atom is 0.0979 e. The molecule has 0 radical (unpaired) electrons. The monoisotopic (exact) mass is 151 g/mol. The van der Waals surface area contributed by atoms with Gasteiger partial charge < -0.3 is 5.73 Å². The van der Waals surface area contributed by atoms with Crippen LogP contribution >= 0.6 is 0 Å². The highest BCUT2D eigenvalue weighted by Gasteiger charge is 2.14. The second-order valence-corrected chi connectivity index (χ2v) is 2.73. The minimum atomic E-state index is 0.735. The molecule has 0 aliphatic carbocycles. The Morgan fingerprint density at radius 1 is 1.73 bits per heavy atom. The number of hydrogen-bond acceptors (Lipinski definition) is 3. The van der Waals surface area contributed by atoms with Crippen LogP contribution in [0.15, 0.2) is 11.3 Å². The van der Waals surface area contributed by atoms with Crippen LogP contribution in [-0.2, 0) is 0 Å². The zero-order valence-electron chi connectivity index (χ0n) is 6.80. The van der Waals surface area contributed by atoms with Gasteiger partial charge in [-0.3, -0.25) is 4.90 Å². The van der Waals surface area contributed by atoms with E-state index < -0.39 is 0 Å². The third-order valence-electron chi connectivity index (χ3n) is 2.05. The summed E-state index contributed by atoms with van der Waals surface area (Å²) in [7, 11) is 0. The van der Waals surface area contributed by atoms with E-state index in [0.717, 1.165) is 37.3 Å². The van der Waals surface area contributed by atoms with E-state index in [2.05, 4.69) is 17.9 Å². The summed E-state index contributed by atoms with van der Waals surface area (Å²) in [5, 5.41) is 8.66. The molecule has 1 heterocycles. The molecule has 1 aliphatic heterocycles. The van der Waals surface area contributed by atoms with Gasteiger partial charge in [-0.2, -0.15) is 5.26 Å². The second kappa shape index (κ2) is 3.40. The van der Waals surface area contributed by atoms with Gasteiger partial charge in [-0.15, -0.1) is 0 Å². The van der Waals surface area contributed by atoms with Gasteiger partial charge in [-0.05, 0) is 6.54 Å². The summed E-state index contributed by atoms with van der Waals surface area (Å²) in [5.41, 5.74) is 7.16. The molecule has 0 aromatic heterocycles. The molecule has 3 heteroatoms. The molecule has 2 N–H and O–H groups in total. The van der Waals surface area contributed by atoms with Crippen molar-refractivity contribution in [3.8, 4) is 6.07 Å². The Labute approximate surface area is 67.1 Å². The van der Waals surface area contributed by atoms with Crippen molar-refractivity contribution >= 4 is 0 Å². The molecule has 0 aromatic rings. The van der Waals surface area contributed by atoms with Gasteiger partial charge in [0.25, 0.3) is 0 Å². The SMILES string of the molecule is CCN1CCC(N)=C(C#N)C1. The van der Waals surface area contributed by atoms with Crippen LogP contribution in [0.1, 0.15) is 13.3 Å². The molecule has 3 nitrogen and oxygen atoms in total. The number of rotatable bonds is 1. The largest absolute Gasteiger partial charge is 0.401 e. The molecule has 0 atom stereocenters. The number of likely N-dealkylation sites (N-methyl/N-ethyl adjacent to an activating group) is 1. The Morgan fingerprint density at radius 3 is 3.00 bits per heavy atom. The molecule has 0 unspecified atom stereocenters. The molecule has 0 spiro atoms. The van der Waals surface area contributed by atoms with Crippen LogP contribution in [0.2, 0.25) is 0 Å². The van der Waals surface area contributed by atoms with E-state index in [4.69, 9.17) is 11.0 Å². The minimum absolute atomic E-state index is 0.735. The van der Waals surface area contributed by atoms with Crippen molar-refractivity contribution in [3.63, 3.8) is 0 Å². The van der Waals surface area contributed by atoms with E-state index in [-0.39, 0.29) is 0 Å². The molecular formula is C8H13N3. The average molecular weight is 151 g/mol. The third-order valence-corrected chi connectivity index (χ3v) is 2.05. The van der Waals surface area contributed by atoms with Gasteiger partial charge >= 0.3 is 0 Å². The van der Waals surface area contributed by atoms with Gasteiger partial charge in [-0.25, -0.2) is 0 Å². The summed E-state index contributed by atoms with van der Waals surface area (Å²) in [6.07, 6.45) is 0.844. The molecule has 1 rings (SSSR count). The lowest BCUT2D eigenvalue weighted by Gasteiger charge is -2.25. The van der Waals surface area contributed by atoms with Gasteiger partial charge in [0, 0.05) is 25.2 Å². The average Bonchev–Trinajstić information content (AvgIpc) is 2.05. The maximum atomic E-state index is 8.66. The standard InChI is InChI=1S/C8H13N3/c1-2-11-4-3-8(10)7(5-9)6-11/h2-4,6,10H2,1H3. The van der Waals surface area contributed by atoms with Gasteiger partial charge in [0.2, 0.25) is 0 Å². The summed E-state index contributed by atoms with van der Waals surface area (Å²) in [6, 6.07) is 2.13. The molecule has 0 saturated heterocycles. The highest BCUT2D eigenvalue weighted by molar-refractivity contribution is 5.29. The molecule has 1 aliphatic rings. The molecule has 0 saturated carbocycles. The predicted octanol–water partition coefficient (Wildman–Crippen LogP) is 0.448. The number of nitrogens with two attached hydrogens (primary N) is 1. The van der Waals surface area contributed by atoms with Gasteiger partial charge in [0.15, 0.2) is 0 Å². The van der Waals surface area contributed by atoms with Crippen LogP contribution < -0.4 is 5.73 Å². The summed E-state index contributed by atoms with van der Waals surface area (Å²) in [6.45, 7) is 4.82. The molecular weight excluding hydrogens is 138 g/mol. The lowest BCUT2D eigenvalue weighted by molar-refractivity contribution is 0.303. The van der Waals surface area contributed by atoms with E-state index in [0.29, 0.717) is 0 Å². The van der Waals surface area contributed by atoms with Gasteiger partial charge in [0.05, 0.1) is 11.6 Å². The summed E-state index contributed by atoms with van der Waals surface area (Å²) in [5.74, 6) is 0. The van der Waals surface area contributed by atoms with E-state index in [1.807, 2.05) is 0 Å². The zero-order chi connectivity index (χ0) is 8.27. The van der Waals surface area contributed by atoms with Crippen LogP contribution in [0.25, 0.3) is 0 Å². The zero-order valence-corrected chi connectivity index (χ0v) is 6.80. The number of hydrogen-bond donors (Lipinski definition) is 1. The van der Waals surface area contributed by atoms with E-state index in [1.165, 1.54) is 0 Å². The fourth-order valence-electron chi connectivity index (χ4n) is 1.21. The first-order valence-electron chi connectivity index (χ1n) is 3.88. The second-order valence-electron chi connectivity index (χ2n) is 2.73. The Hall–Kier alpha value is -1.01. The van der Waals surface area contributed by atoms with E-state index >= 15 is 0 Å². The van der Waals surface area contributed by atoms with Crippen molar-refractivity contribution < 1.29 is 0 Å². The maximum absolute atomic E-state index is 8.66. The summed E-state index contributed by atoms with van der Waals surface area (Å²) >= 11 is 0. The Morgan fingerprint density at radius 2 is 2.45 bits per heavy atom. The van der Waals surface area contributed by atoms with Crippen LogP contribution in [-0.4, -0.2) is 24.5 Å². The van der Waals surface area contributed by atoms with Crippen molar-refractivity contribution in [2.45, 2.75) is 13.3 Å². The fraction of sp³-hybridized carbons (Fsp3) is 0.625. The first kappa shape index (κ1) is 8.09. The van der Waals surface area contributed by atoms with Crippen molar-refractivity contribution in [1.29, 1.82) is 5.26 Å². The van der Waals surface area contributed by atoms with Gasteiger partial charge in [-0.1, -0.05) is 6.92 Å². The molecule has 0 amide bonds. The van der Waals surface area contributed by atoms with Crippen LogP contribution in [0.4, 0.5) is 0 Å². The third kappa shape index (κ3) is 1.72. The molecule has 0 fully saturated rings. The van der Waals surface area contributed by atoms with Crippen molar-refractivity contribution in [2.24, 2.45) is 5.73 Å². The summed E-state index contributed by atoms with van der Waals surface area (Å²) in [4.78, 5) is 2.22. The quantitative estimate of drug-likeness (QED) is 0.592. The van der Waals surface area contributed by atoms with Crippen LogP contribution in [0.5, 0.6) is 0 Å². The topological polar surface area (TPSA) is 53.0 Å². The smallest absolute Gasteiger partial charge is 0.0979 e. The molecule has 60 valence electrons. The highest BCUT2D eigenvalue weighted by atomic mass is 15.1. The van der Waals surface area contributed by atoms with Crippen molar-refractivity contribution in [3.05, 3.63) is 11.3 Å². The Kier molecular flexibility index (Phi) is 2.50. The normalized spacial score (nSPS) is 20.0. The number of nitrogens with zero attached hydrogens (tertiary/aromatic N) is 2. The van der Waals surface area contributed by atoms with E-state index in [1.54, 1.807) is 0 Å². The molecule has 0 aromatic carbocycles. The van der Waals surface area contributed by atoms with Crippen molar-refractivity contribution in [2.75, 3.05) is 19.6 Å². The Balaban J connectivity index is 2.67. The first-order chi connectivity index (χ1) is 5.27. The lowest BCUT2D eigenvalue weighted by Crippen LogP contribution is -2.32. The van der Waals surface area contributed by atoms with Crippen LogP contribution in [0, 0.1) is 11.3 Å². The van der Waals surface area contributed by atoms with Gasteiger partial charge in [0.1, 0.15) is 0 Å². The highest BCUT2D eigenvalue weighted by Crippen LogP contribution is 2.12. The molecule has 0 bridgehead atoms. The Bertz CT molecular complexity index is 212. The first-order valence-corrected chi connectivity index (χ1v) is 3.88. The predicted molar refractivity (Wildman–Crippen MR) is 43.6 cm³/mol. The molecule has 11 heavy (non-hydrogen) atoms. The lowest BCUT2D eigenvalue weighted by atomic mass is 10.1. The fourth-order valence-corrected chi connectivity index (χ4v) is 1.21. The summed E-state index contributed by atoms with van der Waals surface area (Å²) < 4.78 is 0. The minimum Gasteiger partial charge on any atom is -0.401 e. The number of nitriles is 1. The van der Waals surface area contributed by atoms with Crippen molar-refractivity contribution in [1.82, 2.24) is 4.90 Å². The van der Waals surface area contributed by atoms with Crippen LogP contribution in [0.3, 0.4) is 0 Å².